The van der Waals surface area contributed by atoms with Crippen LogP contribution in [0.25, 0.3) is 0 Å². The third-order valence-electron chi connectivity index (χ3n) is 1.89. The van der Waals surface area contributed by atoms with E-state index >= 15 is 0 Å². The van der Waals surface area contributed by atoms with Crippen molar-refractivity contribution in [2.75, 3.05) is 0 Å². The lowest BCUT2D eigenvalue weighted by atomic mass is 10.2. The van der Waals surface area contributed by atoms with Gasteiger partial charge in [0.25, 0.3) is 0 Å². The molecule has 0 radical (unpaired) electrons. The van der Waals surface area contributed by atoms with Gasteiger partial charge in [-0.05, 0) is 46.3 Å². The van der Waals surface area contributed by atoms with Gasteiger partial charge in [-0.1, -0.05) is 0 Å². The van der Waals surface area contributed by atoms with Crippen LogP contribution in [-0.2, 0) is 0 Å². The molecule has 1 nitrogen and oxygen atoms in total. The van der Waals surface area contributed by atoms with Gasteiger partial charge in [-0.15, -0.1) is 0 Å². The van der Waals surface area contributed by atoms with E-state index in [1.54, 1.807) is 12.3 Å². The molecule has 1 aliphatic carbocycles. The fourth-order valence-electron chi connectivity index (χ4n) is 1.14. The highest BCUT2D eigenvalue weighted by atomic mass is 79.9. The Bertz CT molecular complexity index is 283. The van der Waals surface area contributed by atoms with Crippen molar-refractivity contribution in [1.29, 1.82) is 0 Å². The summed E-state index contributed by atoms with van der Waals surface area (Å²) in [5.74, 6) is 0.268. The summed E-state index contributed by atoms with van der Waals surface area (Å²) in [6.07, 6.45) is 3.88. The maximum Gasteiger partial charge on any atom is 0.159 e. The lowest BCUT2D eigenvalue weighted by Crippen LogP contribution is -1.90. The zero-order valence-electron chi connectivity index (χ0n) is 5.85. The number of halogens is 2. The summed E-state index contributed by atoms with van der Waals surface area (Å²) in [4.78, 5) is 3.79. The maximum absolute atomic E-state index is 13.2. The van der Waals surface area contributed by atoms with E-state index in [-0.39, 0.29) is 5.82 Å². The van der Waals surface area contributed by atoms with E-state index < -0.39 is 0 Å². The SMILES string of the molecule is Fc1c(C2CC2)ccnc1Br. The van der Waals surface area contributed by atoms with Crippen molar-refractivity contribution in [3.05, 3.63) is 28.2 Å². The molecule has 11 heavy (non-hydrogen) atoms. The molecule has 1 heterocycles. The van der Waals surface area contributed by atoms with Crippen molar-refractivity contribution < 1.29 is 4.39 Å². The molecule has 0 atom stereocenters. The van der Waals surface area contributed by atoms with Gasteiger partial charge in [-0.2, -0.15) is 0 Å². The second-order valence-corrected chi connectivity index (χ2v) is 3.53. The Hall–Kier alpha value is -0.440. The molecule has 0 amide bonds. The van der Waals surface area contributed by atoms with Gasteiger partial charge in [0.15, 0.2) is 5.82 Å². The molecule has 2 rings (SSSR count). The average Bonchev–Trinajstić information content (AvgIpc) is 2.77. The lowest BCUT2D eigenvalue weighted by Gasteiger charge is -1.99. The fourth-order valence-corrected chi connectivity index (χ4v) is 1.49. The molecule has 0 unspecified atom stereocenters. The number of pyridine rings is 1. The topological polar surface area (TPSA) is 12.9 Å². The standard InChI is InChI=1S/C8H7BrFN/c9-8-7(10)6(3-4-11-8)5-1-2-5/h3-5H,1-2H2. The largest absolute Gasteiger partial charge is 0.246 e. The first-order valence-electron chi connectivity index (χ1n) is 3.59. The monoisotopic (exact) mass is 215 g/mol. The van der Waals surface area contributed by atoms with Crippen LogP contribution in [0.3, 0.4) is 0 Å². The Morgan fingerprint density at radius 2 is 2.27 bits per heavy atom. The summed E-state index contributed by atoms with van der Waals surface area (Å²) in [6.45, 7) is 0. The quantitative estimate of drug-likeness (QED) is 0.657. The van der Waals surface area contributed by atoms with Crippen molar-refractivity contribution in [2.24, 2.45) is 0 Å². The summed E-state index contributed by atoms with van der Waals surface area (Å²) < 4.78 is 13.5. The van der Waals surface area contributed by atoms with E-state index in [2.05, 4.69) is 20.9 Å². The molecule has 1 fully saturated rings. The summed E-state index contributed by atoms with van der Waals surface area (Å²) >= 11 is 3.06. The van der Waals surface area contributed by atoms with Crippen molar-refractivity contribution in [3.8, 4) is 0 Å². The van der Waals surface area contributed by atoms with Crippen molar-refractivity contribution in [1.82, 2.24) is 4.98 Å². The molecular formula is C8H7BrFN. The Morgan fingerprint density at radius 3 is 2.91 bits per heavy atom. The average molecular weight is 216 g/mol. The van der Waals surface area contributed by atoms with E-state index in [0.29, 0.717) is 10.5 Å². The van der Waals surface area contributed by atoms with Crippen LogP contribution in [0.5, 0.6) is 0 Å². The second-order valence-electron chi connectivity index (χ2n) is 2.78. The van der Waals surface area contributed by atoms with Gasteiger partial charge < -0.3 is 0 Å². The molecule has 0 saturated heterocycles. The Labute approximate surface area is 72.8 Å². The fraction of sp³-hybridized carbons (Fsp3) is 0.375. The van der Waals surface area contributed by atoms with Crippen LogP contribution in [0.2, 0.25) is 0 Å². The molecule has 3 heteroatoms. The summed E-state index contributed by atoms with van der Waals surface area (Å²) in [7, 11) is 0. The van der Waals surface area contributed by atoms with E-state index in [0.717, 1.165) is 18.4 Å². The van der Waals surface area contributed by atoms with Crippen LogP contribution in [0, 0.1) is 5.82 Å². The zero-order chi connectivity index (χ0) is 7.84. The minimum absolute atomic E-state index is 0.185. The highest BCUT2D eigenvalue weighted by Crippen LogP contribution is 2.41. The zero-order valence-corrected chi connectivity index (χ0v) is 7.44. The van der Waals surface area contributed by atoms with Gasteiger partial charge >= 0.3 is 0 Å². The number of aromatic nitrogens is 1. The molecule has 1 aromatic rings. The van der Waals surface area contributed by atoms with E-state index in [4.69, 9.17) is 0 Å². The lowest BCUT2D eigenvalue weighted by molar-refractivity contribution is 0.596. The van der Waals surface area contributed by atoms with Crippen LogP contribution < -0.4 is 0 Å². The van der Waals surface area contributed by atoms with Crippen LogP contribution in [0.15, 0.2) is 16.9 Å². The van der Waals surface area contributed by atoms with Crippen LogP contribution in [0.4, 0.5) is 4.39 Å². The predicted octanol–water partition coefficient (Wildman–Crippen LogP) is 2.86. The summed E-state index contributed by atoms with van der Waals surface area (Å²) in [6, 6.07) is 1.76. The molecular weight excluding hydrogens is 209 g/mol. The van der Waals surface area contributed by atoms with Gasteiger partial charge in [0.2, 0.25) is 0 Å². The predicted molar refractivity (Wildman–Crippen MR) is 43.9 cm³/mol. The van der Waals surface area contributed by atoms with Gasteiger partial charge in [-0.3, -0.25) is 0 Å². The van der Waals surface area contributed by atoms with Crippen molar-refractivity contribution >= 4 is 15.9 Å². The van der Waals surface area contributed by atoms with Gasteiger partial charge in [0.05, 0.1) is 0 Å². The molecule has 58 valence electrons. The summed E-state index contributed by atoms with van der Waals surface area (Å²) in [5.41, 5.74) is 0.812. The Balaban J connectivity index is 2.45. The first-order chi connectivity index (χ1) is 5.29. The van der Waals surface area contributed by atoms with Gasteiger partial charge in [0.1, 0.15) is 4.60 Å². The smallest absolute Gasteiger partial charge is 0.159 e. The Morgan fingerprint density at radius 1 is 1.55 bits per heavy atom. The van der Waals surface area contributed by atoms with E-state index in [1.165, 1.54) is 0 Å². The van der Waals surface area contributed by atoms with Crippen LogP contribution >= 0.6 is 15.9 Å². The third-order valence-corrected chi connectivity index (χ3v) is 2.45. The Kier molecular flexibility index (Phi) is 1.68. The number of hydrogen-bond acceptors (Lipinski definition) is 1. The molecule has 1 aliphatic rings. The molecule has 1 saturated carbocycles. The van der Waals surface area contributed by atoms with Crippen molar-refractivity contribution in [3.63, 3.8) is 0 Å². The van der Waals surface area contributed by atoms with Crippen LogP contribution in [0.1, 0.15) is 24.3 Å². The van der Waals surface area contributed by atoms with Gasteiger partial charge in [0, 0.05) is 6.20 Å². The van der Waals surface area contributed by atoms with Gasteiger partial charge in [-0.25, -0.2) is 9.37 Å². The molecule has 0 aliphatic heterocycles. The number of hydrogen-bond donors (Lipinski definition) is 0. The highest BCUT2D eigenvalue weighted by molar-refractivity contribution is 9.10. The normalized spacial score (nSPS) is 16.9. The molecule has 0 bridgehead atoms. The second kappa shape index (κ2) is 2.55. The molecule has 0 N–H and O–H groups in total. The first-order valence-corrected chi connectivity index (χ1v) is 4.38. The van der Waals surface area contributed by atoms with Crippen molar-refractivity contribution in [2.45, 2.75) is 18.8 Å². The molecule has 1 aromatic heterocycles. The minimum atomic E-state index is -0.185. The highest BCUT2D eigenvalue weighted by Gasteiger charge is 2.27. The number of nitrogens with zero attached hydrogens (tertiary/aromatic N) is 1. The molecule has 0 spiro atoms. The molecule has 0 aromatic carbocycles. The first kappa shape index (κ1) is 7.22. The van der Waals surface area contributed by atoms with E-state index in [9.17, 15) is 4.39 Å². The minimum Gasteiger partial charge on any atom is -0.246 e. The number of rotatable bonds is 1. The maximum atomic E-state index is 13.2. The van der Waals surface area contributed by atoms with E-state index in [1.807, 2.05) is 0 Å². The third kappa shape index (κ3) is 1.29. The summed E-state index contributed by atoms with van der Waals surface area (Å²) in [5, 5.41) is 0. The van der Waals surface area contributed by atoms with Crippen LogP contribution in [-0.4, -0.2) is 4.98 Å².